The molecule has 110 valence electrons. The zero-order valence-corrected chi connectivity index (χ0v) is 12.1. The van der Waals surface area contributed by atoms with Gasteiger partial charge >= 0.3 is 0 Å². The SMILES string of the molecule is CN(CC(N)=O)C1CCCN(c2ccccc2N)CC1. The Kier molecular flexibility index (Phi) is 4.84. The van der Waals surface area contributed by atoms with E-state index >= 15 is 0 Å². The predicted octanol–water partition coefficient (Wildman–Crippen LogP) is 1.04. The molecule has 0 radical (unpaired) electrons. The molecule has 0 bridgehead atoms. The van der Waals surface area contributed by atoms with E-state index in [2.05, 4.69) is 15.9 Å². The number of benzene rings is 1. The van der Waals surface area contributed by atoms with Crippen LogP contribution in [0.3, 0.4) is 0 Å². The lowest BCUT2D eigenvalue weighted by Crippen LogP contribution is -2.39. The third-order valence-electron chi connectivity index (χ3n) is 4.00. The van der Waals surface area contributed by atoms with Gasteiger partial charge in [-0.1, -0.05) is 12.1 Å². The predicted molar refractivity (Wildman–Crippen MR) is 82.5 cm³/mol. The molecule has 1 unspecified atom stereocenters. The molecule has 1 amide bonds. The number of anilines is 2. The first-order chi connectivity index (χ1) is 9.58. The van der Waals surface area contributed by atoms with E-state index < -0.39 is 0 Å². The number of likely N-dealkylation sites (N-methyl/N-ethyl adjacent to an activating group) is 1. The highest BCUT2D eigenvalue weighted by atomic mass is 16.1. The van der Waals surface area contributed by atoms with Gasteiger partial charge in [0.05, 0.1) is 17.9 Å². The summed E-state index contributed by atoms with van der Waals surface area (Å²) < 4.78 is 0. The van der Waals surface area contributed by atoms with Gasteiger partial charge in [0, 0.05) is 19.1 Å². The van der Waals surface area contributed by atoms with E-state index in [0.29, 0.717) is 12.6 Å². The van der Waals surface area contributed by atoms with Gasteiger partial charge in [-0.25, -0.2) is 0 Å². The third-order valence-corrected chi connectivity index (χ3v) is 4.00. The molecule has 0 aromatic heterocycles. The molecule has 0 spiro atoms. The second-order valence-corrected chi connectivity index (χ2v) is 5.51. The highest BCUT2D eigenvalue weighted by molar-refractivity contribution is 5.75. The zero-order chi connectivity index (χ0) is 14.5. The smallest absolute Gasteiger partial charge is 0.231 e. The molecule has 1 aromatic rings. The number of amides is 1. The number of rotatable bonds is 4. The molecule has 1 aromatic carbocycles. The molecule has 1 fully saturated rings. The second kappa shape index (κ2) is 6.61. The number of nitrogen functional groups attached to an aromatic ring is 1. The van der Waals surface area contributed by atoms with Crippen molar-refractivity contribution in [3.63, 3.8) is 0 Å². The first kappa shape index (κ1) is 14.7. The number of hydrogen-bond acceptors (Lipinski definition) is 4. The summed E-state index contributed by atoms with van der Waals surface area (Å²) in [5.74, 6) is -0.263. The van der Waals surface area contributed by atoms with Crippen LogP contribution < -0.4 is 16.4 Å². The van der Waals surface area contributed by atoms with Crippen molar-refractivity contribution in [2.45, 2.75) is 25.3 Å². The van der Waals surface area contributed by atoms with E-state index in [0.717, 1.165) is 43.7 Å². The number of carbonyl (C=O) groups excluding carboxylic acids is 1. The lowest BCUT2D eigenvalue weighted by Gasteiger charge is -2.27. The summed E-state index contributed by atoms with van der Waals surface area (Å²) in [6.07, 6.45) is 3.22. The van der Waals surface area contributed by atoms with Crippen LogP contribution in [0.5, 0.6) is 0 Å². The van der Waals surface area contributed by atoms with E-state index in [1.165, 1.54) is 0 Å². The fraction of sp³-hybridized carbons (Fsp3) is 0.533. The Morgan fingerprint density at radius 2 is 2.10 bits per heavy atom. The van der Waals surface area contributed by atoms with Gasteiger partial charge in [0.15, 0.2) is 0 Å². The normalized spacial score (nSPS) is 19.9. The zero-order valence-electron chi connectivity index (χ0n) is 12.1. The van der Waals surface area contributed by atoms with Crippen LogP contribution >= 0.6 is 0 Å². The fourth-order valence-corrected chi connectivity index (χ4v) is 2.91. The summed E-state index contributed by atoms with van der Waals surface area (Å²) in [5, 5.41) is 0. The molecule has 5 nitrogen and oxygen atoms in total. The van der Waals surface area contributed by atoms with Crippen LogP contribution in [0.25, 0.3) is 0 Å². The molecule has 1 aliphatic heterocycles. The molecular weight excluding hydrogens is 252 g/mol. The number of nitrogens with two attached hydrogens (primary N) is 2. The minimum Gasteiger partial charge on any atom is -0.397 e. The van der Waals surface area contributed by atoms with E-state index in [-0.39, 0.29) is 5.91 Å². The first-order valence-electron chi connectivity index (χ1n) is 7.16. The standard InChI is InChI=1S/C15H24N4O/c1-18(11-15(17)20)12-5-4-9-19(10-8-12)14-7-3-2-6-13(14)16/h2-3,6-7,12H,4-5,8-11,16H2,1H3,(H2,17,20). The summed E-state index contributed by atoms with van der Waals surface area (Å²) in [4.78, 5) is 15.4. The maximum atomic E-state index is 11.0. The molecule has 1 atom stereocenters. The monoisotopic (exact) mass is 276 g/mol. The van der Waals surface area contributed by atoms with Crippen molar-refractivity contribution in [2.24, 2.45) is 5.73 Å². The molecular formula is C15H24N4O. The van der Waals surface area contributed by atoms with Crippen LogP contribution in [0.15, 0.2) is 24.3 Å². The number of carbonyl (C=O) groups is 1. The summed E-state index contributed by atoms with van der Waals surface area (Å²) in [6, 6.07) is 8.41. The minimum atomic E-state index is -0.263. The molecule has 5 heteroatoms. The van der Waals surface area contributed by atoms with Crippen LogP contribution in [0.4, 0.5) is 11.4 Å². The van der Waals surface area contributed by atoms with Gasteiger partial charge in [-0.2, -0.15) is 0 Å². The van der Waals surface area contributed by atoms with Gasteiger partial charge < -0.3 is 16.4 Å². The summed E-state index contributed by atoms with van der Waals surface area (Å²) in [5.41, 5.74) is 13.3. The summed E-state index contributed by atoms with van der Waals surface area (Å²) >= 11 is 0. The number of nitrogens with zero attached hydrogens (tertiary/aromatic N) is 2. The highest BCUT2D eigenvalue weighted by Gasteiger charge is 2.21. The van der Waals surface area contributed by atoms with Crippen molar-refractivity contribution in [1.82, 2.24) is 4.90 Å². The largest absolute Gasteiger partial charge is 0.397 e. The van der Waals surface area contributed by atoms with Crippen LogP contribution in [-0.4, -0.2) is 43.5 Å². The molecule has 0 aliphatic carbocycles. The molecule has 1 aliphatic rings. The van der Waals surface area contributed by atoms with E-state index in [1.54, 1.807) is 0 Å². The van der Waals surface area contributed by atoms with Crippen LogP contribution in [0.2, 0.25) is 0 Å². The third kappa shape index (κ3) is 3.63. The molecule has 0 saturated carbocycles. The van der Waals surface area contributed by atoms with Gasteiger partial charge in [0.1, 0.15) is 0 Å². The van der Waals surface area contributed by atoms with Gasteiger partial charge in [-0.3, -0.25) is 9.69 Å². The minimum absolute atomic E-state index is 0.263. The van der Waals surface area contributed by atoms with Crippen molar-refractivity contribution < 1.29 is 4.79 Å². The second-order valence-electron chi connectivity index (χ2n) is 5.51. The number of primary amides is 1. The van der Waals surface area contributed by atoms with E-state index in [9.17, 15) is 4.79 Å². The molecule has 4 N–H and O–H groups in total. The van der Waals surface area contributed by atoms with Gasteiger partial charge in [-0.05, 0) is 38.4 Å². The molecule has 1 saturated heterocycles. The van der Waals surface area contributed by atoms with E-state index in [1.807, 2.05) is 25.2 Å². The van der Waals surface area contributed by atoms with Gasteiger partial charge in [0.2, 0.25) is 5.91 Å². The van der Waals surface area contributed by atoms with Crippen LogP contribution in [0, 0.1) is 0 Å². The van der Waals surface area contributed by atoms with Crippen molar-refractivity contribution in [2.75, 3.05) is 37.3 Å². The Bertz CT molecular complexity index is 463. The van der Waals surface area contributed by atoms with Crippen molar-refractivity contribution in [3.05, 3.63) is 24.3 Å². The average Bonchev–Trinajstić information content (AvgIpc) is 2.64. The molecule has 1 heterocycles. The number of hydrogen-bond donors (Lipinski definition) is 2. The molecule has 2 rings (SSSR count). The number of para-hydroxylation sites is 2. The maximum Gasteiger partial charge on any atom is 0.231 e. The van der Waals surface area contributed by atoms with Crippen LogP contribution in [0.1, 0.15) is 19.3 Å². The summed E-state index contributed by atoms with van der Waals surface area (Å²) in [6.45, 7) is 2.30. The first-order valence-corrected chi connectivity index (χ1v) is 7.16. The van der Waals surface area contributed by atoms with E-state index in [4.69, 9.17) is 11.5 Å². The fourth-order valence-electron chi connectivity index (χ4n) is 2.91. The highest BCUT2D eigenvalue weighted by Crippen LogP contribution is 2.26. The Labute approximate surface area is 120 Å². The van der Waals surface area contributed by atoms with Crippen molar-refractivity contribution in [1.29, 1.82) is 0 Å². The Balaban J connectivity index is 1.99. The molecule has 20 heavy (non-hydrogen) atoms. The van der Waals surface area contributed by atoms with Crippen LogP contribution in [-0.2, 0) is 4.79 Å². The maximum absolute atomic E-state index is 11.0. The topological polar surface area (TPSA) is 75.6 Å². The Morgan fingerprint density at radius 1 is 1.35 bits per heavy atom. The Hall–Kier alpha value is -1.75. The van der Waals surface area contributed by atoms with Crippen molar-refractivity contribution in [3.8, 4) is 0 Å². The lowest BCUT2D eigenvalue weighted by molar-refractivity contribution is -0.119. The van der Waals surface area contributed by atoms with Gasteiger partial charge in [-0.15, -0.1) is 0 Å². The van der Waals surface area contributed by atoms with Crippen molar-refractivity contribution >= 4 is 17.3 Å². The lowest BCUT2D eigenvalue weighted by atomic mass is 10.1. The Morgan fingerprint density at radius 3 is 2.80 bits per heavy atom. The van der Waals surface area contributed by atoms with Gasteiger partial charge in [0.25, 0.3) is 0 Å². The summed E-state index contributed by atoms with van der Waals surface area (Å²) in [7, 11) is 1.97. The average molecular weight is 276 g/mol. The quantitative estimate of drug-likeness (QED) is 0.806.